The van der Waals surface area contributed by atoms with Crippen LogP contribution in [0.1, 0.15) is 19.3 Å². The van der Waals surface area contributed by atoms with Crippen LogP contribution in [0.15, 0.2) is 0 Å². The second-order valence-corrected chi connectivity index (χ2v) is 3.71. The van der Waals surface area contributed by atoms with Crippen molar-refractivity contribution in [2.24, 2.45) is 0 Å². The van der Waals surface area contributed by atoms with Crippen molar-refractivity contribution in [3.8, 4) is 0 Å². The van der Waals surface area contributed by atoms with Crippen LogP contribution in [0.3, 0.4) is 0 Å². The topological polar surface area (TPSA) is 58.6 Å². The highest BCUT2D eigenvalue weighted by atomic mass is 16.6. The van der Waals surface area contributed by atoms with E-state index in [4.69, 9.17) is 0 Å². The highest BCUT2D eigenvalue weighted by Crippen LogP contribution is 2.12. The van der Waals surface area contributed by atoms with Crippen molar-refractivity contribution in [3.05, 3.63) is 0 Å². The average molecular weight is 198 g/mol. The van der Waals surface area contributed by atoms with Gasteiger partial charge in [-0.25, -0.2) is 9.69 Å². The van der Waals surface area contributed by atoms with Crippen molar-refractivity contribution >= 4 is 12.0 Å². The fourth-order valence-electron chi connectivity index (χ4n) is 1.86. The van der Waals surface area contributed by atoms with Gasteiger partial charge < -0.3 is 10.1 Å². The molecule has 2 amide bonds. The second kappa shape index (κ2) is 3.96. The molecule has 78 valence electrons. The van der Waals surface area contributed by atoms with Gasteiger partial charge in [0.1, 0.15) is 0 Å². The summed E-state index contributed by atoms with van der Waals surface area (Å²) in [6.45, 7) is 1.34. The van der Waals surface area contributed by atoms with Crippen LogP contribution >= 0.6 is 0 Å². The van der Waals surface area contributed by atoms with Gasteiger partial charge in [-0.2, -0.15) is 0 Å². The van der Waals surface area contributed by atoms with Gasteiger partial charge in [-0.1, -0.05) is 6.42 Å². The molecule has 0 aliphatic carbocycles. The maximum absolute atomic E-state index is 11.2. The molecule has 0 radical (unpaired) electrons. The molecule has 2 saturated heterocycles. The number of ether oxygens (including phenoxy) is 1. The SMILES string of the molecule is O=C1COC(=O)N1C[C@@H]1CCCCN1. The molecule has 1 N–H and O–H groups in total. The first-order valence-corrected chi connectivity index (χ1v) is 4.98. The summed E-state index contributed by atoms with van der Waals surface area (Å²) in [4.78, 5) is 23.5. The Morgan fingerprint density at radius 2 is 2.29 bits per heavy atom. The number of nitrogens with zero attached hydrogens (tertiary/aromatic N) is 1. The third-order valence-corrected chi connectivity index (χ3v) is 2.66. The van der Waals surface area contributed by atoms with E-state index in [1.165, 1.54) is 11.3 Å². The summed E-state index contributed by atoms with van der Waals surface area (Å²) in [5.74, 6) is -0.220. The molecule has 2 aliphatic heterocycles. The molecule has 5 nitrogen and oxygen atoms in total. The Labute approximate surface area is 82.4 Å². The monoisotopic (exact) mass is 198 g/mol. The summed E-state index contributed by atoms with van der Waals surface area (Å²) < 4.78 is 4.63. The molecule has 2 fully saturated rings. The molecular formula is C9H14N2O3. The van der Waals surface area contributed by atoms with Gasteiger partial charge in [0.2, 0.25) is 0 Å². The Balaban J connectivity index is 1.89. The zero-order valence-corrected chi connectivity index (χ0v) is 7.99. The highest BCUT2D eigenvalue weighted by molar-refractivity contribution is 5.97. The van der Waals surface area contributed by atoms with Crippen LogP contribution in [-0.4, -0.2) is 42.6 Å². The van der Waals surface area contributed by atoms with E-state index in [0.29, 0.717) is 6.54 Å². The van der Waals surface area contributed by atoms with Crippen molar-refractivity contribution in [2.45, 2.75) is 25.3 Å². The predicted molar refractivity (Wildman–Crippen MR) is 48.7 cm³/mol. The molecule has 14 heavy (non-hydrogen) atoms. The lowest BCUT2D eigenvalue weighted by Crippen LogP contribution is -2.45. The first kappa shape index (κ1) is 9.45. The lowest BCUT2D eigenvalue weighted by atomic mass is 10.0. The molecule has 2 heterocycles. The van der Waals surface area contributed by atoms with E-state index in [1.54, 1.807) is 0 Å². The lowest BCUT2D eigenvalue weighted by molar-refractivity contribution is -0.126. The summed E-state index contributed by atoms with van der Waals surface area (Å²) in [5, 5.41) is 3.29. The number of cyclic esters (lactones) is 1. The molecule has 0 unspecified atom stereocenters. The lowest BCUT2D eigenvalue weighted by Gasteiger charge is -2.25. The van der Waals surface area contributed by atoms with Crippen molar-refractivity contribution in [1.29, 1.82) is 0 Å². The number of nitrogens with one attached hydrogen (secondary N) is 1. The van der Waals surface area contributed by atoms with Crippen molar-refractivity contribution in [1.82, 2.24) is 10.2 Å². The van der Waals surface area contributed by atoms with Crippen LogP contribution in [0.5, 0.6) is 0 Å². The Bertz CT molecular complexity index is 232. The molecule has 0 aromatic rings. The number of carbonyl (C=O) groups excluding carboxylic acids is 2. The van der Waals surface area contributed by atoms with Crippen LogP contribution in [0.2, 0.25) is 0 Å². The Kier molecular flexibility index (Phi) is 2.67. The average Bonchev–Trinajstić information content (AvgIpc) is 2.51. The fourth-order valence-corrected chi connectivity index (χ4v) is 1.86. The number of amides is 2. The predicted octanol–water partition coefficient (Wildman–Crippen LogP) is 0.107. The van der Waals surface area contributed by atoms with Gasteiger partial charge in [0, 0.05) is 12.6 Å². The first-order valence-electron chi connectivity index (χ1n) is 4.98. The minimum atomic E-state index is -0.498. The molecular weight excluding hydrogens is 184 g/mol. The fraction of sp³-hybridized carbons (Fsp3) is 0.778. The number of rotatable bonds is 2. The van der Waals surface area contributed by atoms with E-state index >= 15 is 0 Å². The second-order valence-electron chi connectivity index (χ2n) is 3.71. The third kappa shape index (κ3) is 1.87. The van der Waals surface area contributed by atoms with Crippen LogP contribution in [-0.2, 0) is 9.53 Å². The van der Waals surface area contributed by atoms with Crippen LogP contribution in [0, 0.1) is 0 Å². The van der Waals surface area contributed by atoms with Crippen LogP contribution in [0.4, 0.5) is 4.79 Å². The Hall–Kier alpha value is -1.10. The van der Waals surface area contributed by atoms with Gasteiger partial charge in [0.25, 0.3) is 5.91 Å². The summed E-state index contributed by atoms with van der Waals surface area (Å²) >= 11 is 0. The normalized spacial score (nSPS) is 28.0. The van der Waals surface area contributed by atoms with Gasteiger partial charge in [-0.15, -0.1) is 0 Å². The molecule has 5 heteroatoms. The Morgan fingerprint density at radius 3 is 2.86 bits per heavy atom. The van der Waals surface area contributed by atoms with E-state index in [2.05, 4.69) is 10.1 Å². The summed E-state index contributed by atoms with van der Waals surface area (Å²) in [5.41, 5.74) is 0. The number of carbonyl (C=O) groups is 2. The molecule has 0 aromatic heterocycles. The van der Waals surface area contributed by atoms with Crippen molar-refractivity contribution < 1.29 is 14.3 Å². The van der Waals surface area contributed by atoms with E-state index in [0.717, 1.165) is 19.4 Å². The Morgan fingerprint density at radius 1 is 1.43 bits per heavy atom. The maximum Gasteiger partial charge on any atom is 0.417 e. The zero-order valence-electron chi connectivity index (χ0n) is 7.99. The number of piperidine rings is 1. The molecule has 1 atom stereocenters. The third-order valence-electron chi connectivity index (χ3n) is 2.66. The largest absolute Gasteiger partial charge is 0.439 e. The number of hydrogen-bond donors (Lipinski definition) is 1. The number of hydrogen-bond acceptors (Lipinski definition) is 4. The first-order chi connectivity index (χ1) is 6.77. The highest BCUT2D eigenvalue weighted by Gasteiger charge is 2.32. The summed E-state index contributed by atoms with van der Waals surface area (Å²) in [6.07, 6.45) is 2.86. The van der Waals surface area contributed by atoms with Gasteiger partial charge >= 0.3 is 6.09 Å². The quantitative estimate of drug-likeness (QED) is 0.684. The van der Waals surface area contributed by atoms with Gasteiger partial charge in [0.05, 0.1) is 0 Å². The summed E-state index contributed by atoms with van der Waals surface area (Å²) in [7, 11) is 0. The van der Waals surface area contributed by atoms with E-state index in [-0.39, 0.29) is 18.6 Å². The van der Waals surface area contributed by atoms with E-state index < -0.39 is 6.09 Å². The van der Waals surface area contributed by atoms with Crippen LogP contribution < -0.4 is 5.32 Å². The van der Waals surface area contributed by atoms with Gasteiger partial charge in [-0.3, -0.25) is 4.79 Å². The van der Waals surface area contributed by atoms with Crippen LogP contribution in [0.25, 0.3) is 0 Å². The van der Waals surface area contributed by atoms with E-state index in [9.17, 15) is 9.59 Å². The minimum Gasteiger partial charge on any atom is -0.439 e. The number of imide groups is 1. The zero-order chi connectivity index (χ0) is 9.97. The van der Waals surface area contributed by atoms with E-state index in [1.807, 2.05) is 0 Å². The molecule has 2 aliphatic rings. The van der Waals surface area contributed by atoms with Crippen molar-refractivity contribution in [3.63, 3.8) is 0 Å². The molecule has 2 rings (SSSR count). The van der Waals surface area contributed by atoms with Crippen molar-refractivity contribution in [2.75, 3.05) is 19.7 Å². The van der Waals surface area contributed by atoms with Gasteiger partial charge in [-0.05, 0) is 19.4 Å². The summed E-state index contributed by atoms with van der Waals surface area (Å²) in [6, 6.07) is 0.248. The molecule has 0 saturated carbocycles. The molecule has 0 spiro atoms. The smallest absolute Gasteiger partial charge is 0.417 e. The maximum atomic E-state index is 11.2. The minimum absolute atomic E-state index is 0.0917. The molecule has 0 bridgehead atoms. The van der Waals surface area contributed by atoms with Gasteiger partial charge in [0.15, 0.2) is 6.61 Å². The standard InChI is InChI=1S/C9H14N2O3/c12-8-6-14-9(13)11(8)5-7-3-1-2-4-10-7/h7,10H,1-6H2/t7-/m0/s1. The molecule has 0 aromatic carbocycles.